The molecule has 1 saturated heterocycles. The van der Waals surface area contributed by atoms with Crippen LogP contribution in [0.5, 0.6) is 0 Å². The van der Waals surface area contributed by atoms with E-state index in [2.05, 4.69) is 30.8 Å². The number of benzene rings is 1. The first-order valence-corrected chi connectivity index (χ1v) is 13.6. The van der Waals surface area contributed by atoms with Gasteiger partial charge in [-0.2, -0.15) is 15.0 Å². The molecule has 12 nitrogen and oxygen atoms in total. The van der Waals surface area contributed by atoms with Gasteiger partial charge in [-0.05, 0) is 31.0 Å². The summed E-state index contributed by atoms with van der Waals surface area (Å²) in [5.74, 6) is 1.44. The number of carbonyl (C=O) groups excluding carboxylic acids is 1. The van der Waals surface area contributed by atoms with Crippen molar-refractivity contribution in [3.63, 3.8) is 0 Å². The summed E-state index contributed by atoms with van der Waals surface area (Å²) in [4.78, 5) is 28.8. The molecule has 1 saturated carbocycles. The van der Waals surface area contributed by atoms with E-state index in [0.717, 1.165) is 25.9 Å². The van der Waals surface area contributed by atoms with E-state index in [1.54, 1.807) is 12.1 Å². The minimum atomic E-state index is -0.180. The molecule has 1 aliphatic heterocycles. The van der Waals surface area contributed by atoms with Gasteiger partial charge in [-0.15, -0.1) is 0 Å². The lowest BCUT2D eigenvalue weighted by Crippen LogP contribution is -2.37. The largest absolute Gasteiger partial charge is 0.378 e. The highest BCUT2D eigenvalue weighted by atomic mass is 16.5. The van der Waals surface area contributed by atoms with Gasteiger partial charge in [0.2, 0.25) is 17.8 Å². The number of hydrogen-bond acceptors (Lipinski definition) is 11. The molecule has 12 heteroatoms. The number of nitrogens with one attached hydrogen (secondary N) is 3. The molecular formula is C26H40N8O4. The van der Waals surface area contributed by atoms with Gasteiger partial charge in [-0.3, -0.25) is 4.79 Å². The zero-order chi connectivity index (χ0) is 26.4. The molecule has 1 amide bonds. The second-order valence-electron chi connectivity index (χ2n) is 9.34. The lowest BCUT2D eigenvalue weighted by atomic mass is 9.96. The van der Waals surface area contributed by atoms with Crippen molar-refractivity contribution < 1.29 is 19.0 Å². The third-order valence-corrected chi connectivity index (χ3v) is 6.40. The summed E-state index contributed by atoms with van der Waals surface area (Å²) in [5, 5.41) is 9.66. The summed E-state index contributed by atoms with van der Waals surface area (Å²) in [6, 6.07) is 7.63. The van der Waals surface area contributed by atoms with Gasteiger partial charge in [-0.25, -0.2) is 0 Å². The number of nitrogens with two attached hydrogens (primary N) is 1. The van der Waals surface area contributed by atoms with Gasteiger partial charge in [-0.1, -0.05) is 25.3 Å². The van der Waals surface area contributed by atoms with E-state index in [9.17, 15) is 4.79 Å². The summed E-state index contributed by atoms with van der Waals surface area (Å²) in [6.45, 7) is 5.51. The van der Waals surface area contributed by atoms with Crippen LogP contribution in [-0.2, 0) is 14.2 Å². The molecular weight excluding hydrogens is 488 g/mol. The zero-order valence-electron chi connectivity index (χ0n) is 22.0. The Labute approximate surface area is 224 Å². The maximum absolute atomic E-state index is 12.7. The fourth-order valence-corrected chi connectivity index (χ4v) is 4.43. The fourth-order valence-electron chi connectivity index (χ4n) is 4.43. The molecule has 4 rings (SSSR count). The Hall–Kier alpha value is -3.06. The van der Waals surface area contributed by atoms with Crippen molar-refractivity contribution in [3.05, 3.63) is 29.8 Å². The molecule has 2 heterocycles. The average molecular weight is 529 g/mol. The number of anilines is 4. The van der Waals surface area contributed by atoms with Crippen LogP contribution in [0, 0.1) is 0 Å². The molecule has 0 spiro atoms. The Morgan fingerprint density at radius 2 is 1.76 bits per heavy atom. The van der Waals surface area contributed by atoms with Crippen molar-refractivity contribution in [3.8, 4) is 0 Å². The summed E-state index contributed by atoms with van der Waals surface area (Å²) >= 11 is 0. The average Bonchev–Trinajstić information content (AvgIpc) is 2.95. The smallest absolute Gasteiger partial charge is 0.251 e. The SMILES string of the molecule is NCCOCCOCCNC(=O)c1cccc(Nc2nc(NC3CCCCC3)nc(N3CCOCC3)n2)c1. The molecule has 38 heavy (non-hydrogen) atoms. The molecule has 0 atom stereocenters. The monoisotopic (exact) mass is 528 g/mol. The molecule has 2 fully saturated rings. The van der Waals surface area contributed by atoms with Crippen molar-refractivity contribution in [1.82, 2.24) is 20.3 Å². The molecule has 0 unspecified atom stereocenters. The van der Waals surface area contributed by atoms with E-state index in [1.807, 2.05) is 12.1 Å². The highest BCUT2D eigenvalue weighted by Gasteiger charge is 2.19. The molecule has 5 N–H and O–H groups in total. The minimum Gasteiger partial charge on any atom is -0.378 e. The van der Waals surface area contributed by atoms with Crippen molar-refractivity contribution in [2.75, 3.05) is 81.4 Å². The van der Waals surface area contributed by atoms with Crippen LogP contribution in [0.25, 0.3) is 0 Å². The van der Waals surface area contributed by atoms with Crippen molar-refractivity contribution in [1.29, 1.82) is 0 Å². The predicted octanol–water partition coefficient (Wildman–Crippen LogP) is 1.92. The van der Waals surface area contributed by atoms with Gasteiger partial charge in [0.05, 0.1) is 39.6 Å². The Morgan fingerprint density at radius 1 is 1.00 bits per heavy atom. The lowest BCUT2D eigenvalue weighted by molar-refractivity contribution is 0.0511. The molecule has 1 aromatic carbocycles. The number of aromatic nitrogens is 3. The molecule has 2 aliphatic rings. The molecule has 208 valence electrons. The second kappa shape index (κ2) is 15.4. The van der Waals surface area contributed by atoms with E-state index in [0.29, 0.717) is 87.9 Å². The number of ether oxygens (including phenoxy) is 3. The summed E-state index contributed by atoms with van der Waals surface area (Å²) in [5.41, 5.74) is 6.62. The molecule has 1 aliphatic carbocycles. The van der Waals surface area contributed by atoms with E-state index in [-0.39, 0.29) is 5.91 Å². The van der Waals surface area contributed by atoms with Crippen molar-refractivity contribution in [2.24, 2.45) is 5.73 Å². The quantitative estimate of drug-likeness (QED) is 0.266. The fraction of sp³-hybridized carbons (Fsp3) is 0.615. The maximum Gasteiger partial charge on any atom is 0.251 e. The predicted molar refractivity (Wildman–Crippen MR) is 146 cm³/mol. The minimum absolute atomic E-state index is 0.180. The van der Waals surface area contributed by atoms with Crippen LogP contribution >= 0.6 is 0 Å². The number of nitrogens with zero attached hydrogens (tertiary/aromatic N) is 4. The van der Waals surface area contributed by atoms with Gasteiger partial charge in [0.15, 0.2) is 0 Å². The van der Waals surface area contributed by atoms with Gasteiger partial charge in [0.25, 0.3) is 5.91 Å². The first-order valence-electron chi connectivity index (χ1n) is 13.6. The summed E-state index contributed by atoms with van der Waals surface area (Å²) < 4.78 is 16.2. The molecule has 1 aromatic heterocycles. The number of carbonyl (C=O) groups is 1. The van der Waals surface area contributed by atoms with Crippen LogP contribution in [0.3, 0.4) is 0 Å². The Balaban J connectivity index is 1.36. The van der Waals surface area contributed by atoms with Crippen molar-refractivity contribution in [2.45, 2.75) is 38.1 Å². The Morgan fingerprint density at radius 3 is 2.55 bits per heavy atom. The normalized spacial score (nSPS) is 16.3. The third-order valence-electron chi connectivity index (χ3n) is 6.40. The first kappa shape index (κ1) is 28.0. The lowest BCUT2D eigenvalue weighted by Gasteiger charge is -2.28. The van der Waals surface area contributed by atoms with E-state index < -0.39 is 0 Å². The topological polar surface area (TPSA) is 149 Å². The summed E-state index contributed by atoms with van der Waals surface area (Å²) in [6.07, 6.45) is 5.95. The highest BCUT2D eigenvalue weighted by Crippen LogP contribution is 2.23. The van der Waals surface area contributed by atoms with E-state index >= 15 is 0 Å². The number of amides is 1. The van der Waals surface area contributed by atoms with Gasteiger partial charge < -0.3 is 40.8 Å². The van der Waals surface area contributed by atoms with Crippen LogP contribution < -0.4 is 26.6 Å². The van der Waals surface area contributed by atoms with E-state index in [1.165, 1.54) is 19.3 Å². The molecule has 0 radical (unpaired) electrons. The Kier molecular flexibility index (Phi) is 11.3. The Bertz CT molecular complexity index is 999. The van der Waals surface area contributed by atoms with Crippen LogP contribution in [0.1, 0.15) is 42.5 Å². The molecule has 0 bridgehead atoms. The number of morpholine rings is 1. The third kappa shape index (κ3) is 9.05. The van der Waals surface area contributed by atoms with Crippen molar-refractivity contribution >= 4 is 29.4 Å². The maximum atomic E-state index is 12.7. The number of rotatable bonds is 14. The van der Waals surface area contributed by atoms with Gasteiger partial charge in [0, 0.05) is 43.5 Å². The van der Waals surface area contributed by atoms with Crippen LogP contribution in [-0.4, -0.2) is 92.7 Å². The van der Waals surface area contributed by atoms with Crippen LogP contribution in [0.4, 0.5) is 23.5 Å². The summed E-state index contributed by atoms with van der Waals surface area (Å²) in [7, 11) is 0. The van der Waals surface area contributed by atoms with Crippen LogP contribution in [0.2, 0.25) is 0 Å². The van der Waals surface area contributed by atoms with Gasteiger partial charge >= 0.3 is 0 Å². The van der Waals surface area contributed by atoms with E-state index in [4.69, 9.17) is 24.9 Å². The van der Waals surface area contributed by atoms with Gasteiger partial charge in [0.1, 0.15) is 0 Å². The van der Waals surface area contributed by atoms with Crippen LogP contribution in [0.15, 0.2) is 24.3 Å². The standard InChI is InChI=1S/C26H40N8O4/c27-9-13-36-17-18-37-14-10-28-23(35)20-5-4-8-22(19-20)30-25-31-24(29-21-6-2-1-3-7-21)32-26(33-25)34-11-15-38-16-12-34/h4-5,8,19,21H,1-3,6-7,9-18,27H2,(H,28,35)(H2,29,30,31,32,33). The zero-order valence-corrected chi connectivity index (χ0v) is 22.0. The highest BCUT2D eigenvalue weighted by molar-refractivity contribution is 5.95. The second-order valence-corrected chi connectivity index (χ2v) is 9.34. The number of hydrogen-bond donors (Lipinski definition) is 4. The first-order chi connectivity index (χ1) is 18.7. The molecule has 2 aromatic rings.